The first kappa shape index (κ1) is 20.4. The summed E-state index contributed by atoms with van der Waals surface area (Å²) in [7, 11) is -1.83. The third-order valence-corrected chi connectivity index (χ3v) is 12.4. The van der Waals surface area contributed by atoms with Crippen LogP contribution in [0.4, 0.5) is 0 Å². The number of hydrogen-bond acceptors (Lipinski definition) is 2. The molecular formula is C22H38O2Si. The van der Waals surface area contributed by atoms with E-state index >= 15 is 0 Å². The zero-order valence-corrected chi connectivity index (χ0v) is 18.6. The van der Waals surface area contributed by atoms with Gasteiger partial charge in [0, 0.05) is 12.8 Å². The van der Waals surface area contributed by atoms with Crippen molar-refractivity contribution in [2.24, 2.45) is 5.41 Å². The van der Waals surface area contributed by atoms with Gasteiger partial charge in [0.2, 0.25) is 0 Å². The molecule has 0 unspecified atom stereocenters. The average Bonchev–Trinajstić information content (AvgIpc) is 3.08. The van der Waals surface area contributed by atoms with Crippen LogP contribution in [0.5, 0.6) is 0 Å². The van der Waals surface area contributed by atoms with Gasteiger partial charge in [0.1, 0.15) is 5.76 Å². The molecule has 0 aromatic carbocycles. The first-order chi connectivity index (χ1) is 11.6. The molecule has 1 aliphatic rings. The maximum atomic E-state index is 6.92. The molecule has 0 aliphatic heterocycles. The van der Waals surface area contributed by atoms with E-state index in [2.05, 4.69) is 67.5 Å². The van der Waals surface area contributed by atoms with Gasteiger partial charge >= 0.3 is 0 Å². The van der Waals surface area contributed by atoms with Gasteiger partial charge in [-0.3, -0.25) is 0 Å². The predicted octanol–water partition coefficient (Wildman–Crippen LogP) is 7.40. The van der Waals surface area contributed by atoms with Crippen molar-refractivity contribution in [2.75, 3.05) is 0 Å². The average molecular weight is 363 g/mol. The molecule has 0 saturated carbocycles. The molecule has 2 rings (SSSR count). The molecule has 1 aromatic heterocycles. The van der Waals surface area contributed by atoms with Crippen LogP contribution >= 0.6 is 0 Å². The van der Waals surface area contributed by atoms with Crippen LogP contribution in [-0.2, 0) is 10.8 Å². The van der Waals surface area contributed by atoms with Crippen molar-refractivity contribution < 1.29 is 8.84 Å². The van der Waals surface area contributed by atoms with Crippen LogP contribution < -0.4 is 0 Å². The third-order valence-electron chi connectivity index (χ3n) is 6.36. The number of allylic oxidation sites excluding steroid dienone is 2. The smallest absolute Gasteiger partial charge is 0.258 e. The third kappa shape index (κ3) is 4.24. The maximum absolute atomic E-state index is 6.92. The van der Waals surface area contributed by atoms with Crippen molar-refractivity contribution in [3.63, 3.8) is 0 Å². The van der Waals surface area contributed by atoms with E-state index in [1.165, 1.54) is 17.7 Å². The lowest BCUT2D eigenvalue weighted by Gasteiger charge is -2.42. The van der Waals surface area contributed by atoms with Gasteiger partial charge in [0.25, 0.3) is 8.32 Å². The molecule has 25 heavy (non-hydrogen) atoms. The highest BCUT2D eigenvalue weighted by Gasteiger charge is 2.48. The lowest BCUT2D eigenvalue weighted by Crippen LogP contribution is -2.47. The first-order valence-electron chi connectivity index (χ1n) is 10.0. The second-order valence-corrected chi connectivity index (χ2v) is 14.6. The standard InChI is InChI=1S/C22H38O2Si/c1-16(2)25(17(3)4,18(5)6)24-20-9-12-22(8,15-20)13-10-21-19(7)11-14-23-21/h11,14-18H,9-10,12-13H2,1-8H3/t22-/m1/s1. The molecule has 2 nitrogen and oxygen atoms in total. The highest BCUT2D eigenvalue weighted by atomic mass is 28.4. The van der Waals surface area contributed by atoms with Crippen molar-refractivity contribution in [3.8, 4) is 0 Å². The molecule has 1 aliphatic carbocycles. The summed E-state index contributed by atoms with van der Waals surface area (Å²) in [6.07, 6.45) is 8.68. The minimum Gasteiger partial charge on any atom is -0.546 e. The van der Waals surface area contributed by atoms with Crippen molar-refractivity contribution in [2.45, 2.75) is 97.7 Å². The second kappa shape index (κ2) is 7.73. The van der Waals surface area contributed by atoms with E-state index in [1.807, 2.05) is 0 Å². The van der Waals surface area contributed by atoms with E-state index in [0.717, 1.165) is 25.0 Å². The van der Waals surface area contributed by atoms with E-state index in [-0.39, 0.29) is 5.41 Å². The highest BCUT2D eigenvalue weighted by Crippen LogP contribution is 2.47. The fourth-order valence-electron chi connectivity index (χ4n) is 4.86. The summed E-state index contributed by atoms with van der Waals surface area (Å²) in [5.41, 5.74) is 3.40. The molecule has 1 atom stereocenters. The first-order valence-corrected chi connectivity index (χ1v) is 12.2. The van der Waals surface area contributed by atoms with E-state index in [0.29, 0.717) is 16.6 Å². The van der Waals surface area contributed by atoms with Crippen LogP contribution in [0.3, 0.4) is 0 Å². The minimum absolute atomic E-state index is 0.236. The summed E-state index contributed by atoms with van der Waals surface area (Å²) in [6, 6.07) is 2.06. The summed E-state index contributed by atoms with van der Waals surface area (Å²) in [4.78, 5) is 0. The summed E-state index contributed by atoms with van der Waals surface area (Å²) < 4.78 is 12.5. The van der Waals surface area contributed by atoms with Gasteiger partial charge in [0.05, 0.1) is 12.0 Å². The Kier molecular flexibility index (Phi) is 6.29. The van der Waals surface area contributed by atoms with Crippen molar-refractivity contribution >= 4 is 8.32 Å². The van der Waals surface area contributed by atoms with Gasteiger partial charge in [-0.05, 0) is 59.5 Å². The lowest BCUT2D eigenvalue weighted by molar-refractivity contribution is 0.352. The van der Waals surface area contributed by atoms with Gasteiger partial charge < -0.3 is 8.84 Å². The van der Waals surface area contributed by atoms with Crippen molar-refractivity contribution in [1.29, 1.82) is 0 Å². The second-order valence-electron chi connectivity index (χ2n) is 9.21. The van der Waals surface area contributed by atoms with Crippen LogP contribution in [0, 0.1) is 12.3 Å². The quantitative estimate of drug-likeness (QED) is 0.450. The molecule has 1 heterocycles. The van der Waals surface area contributed by atoms with E-state index < -0.39 is 8.32 Å². The summed E-state index contributed by atoms with van der Waals surface area (Å²) in [5.74, 6) is 2.40. The van der Waals surface area contributed by atoms with Gasteiger partial charge in [0.15, 0.2) is 0 Å². The largest absolute Gasteiger partial charge is 0.546 e. The Morgan fingerprint density at radius 3 is 2.20 bits per heavy atom. The number of rotatable bonds is 8. The Labute approximate surface area is 156 Å². The zero-order chi connectivity index (χ0) is 18.8. The lowest BCUT2D eigenvalue weighted by atomic mass is 9.84. The van der Waals surface area contributed by atoms with E-state index in [1.54, 1.807) is 6.26 Å². The van der Waals surface area contributed by atoms with Gasteiger partial charge in [-0.2, -0.15) is 0 Å². The molecule has 0 radical (unpaired) electrons. The maximum Gasteiger partial charge on any atom is 0.258 e. The zero-order valence-electron chi connectivity index (χ0n) is 17.6. The van der Waals surface area contributed by atoms with Crippen LogP contribution in [0.15, 0.2) is 28.6 Å². The molecule has 3 heteroatoms. The summed E-state index contributed by atoms with van der Waals surface area (Å²) in [6.45, 7) is 18.7. The number of hydrogen-bond donors (Lipinski definition) is 0. The predicted molar refractivity (Wildman–Crippen MR) is 109 cm³/mol. The Bertz CT molecular complexity index is 575. The van der Waals surface area contributed by atoms with Crippen LogP contribution in [0.25, 0.3) is 0 Å². The number of furan rings is 1. The topological polar surface area (TPSA) is 22.4 Å². The van der Waals surface area contributed by atoms with E-state index in [4.69, 9.17) is 8.84 Å². The molecule has 0 saturated heterocycles. The Balaban J connectivity index is 2.12. The van der Waals surface area contributed by atoms with Crippen LogP contribution in [0.2, 0.25) is 16.6 Å². The normalized spacial score (nSPS) is 21.5. The van der Waals surface area contributed by atoms with Gasteiger partial charge in [-0.15, -0.1) is 0 Å². The van der Waals surface area contributed by atoms with Crippen LogP contribution in [0.1, 0.15) is 79.1 Å². The minimum atomic E-state index is -1.83. The fourth-order valence-corrected chi connectivity index (χ4v) is 10.2. The van der Waals surface area contributed by atoms with E-state index in [9.17, 15) is 0 Å². The molecule has 0 amide bonds. The fraction of sp³-hybridized carbons (Fsp3) is 0.727. The van der Waals surface area contributed by atoms with Crippen molar-refractivity contribution in [1.82, 2.24) is 0 Å². The Morgan fingerprint density at radius 2 is 1.72 bits per heavy atom. The molecule has 142 valence electrons. The molecule has 0 spiro atoms. The molecule has 1 aromatic rings. The van der Waals surface area contributed by atoms with Crippen molar-refractivity contribution in [3.05, 3.63) is 35.5 Å². The molecule has 0 bridgehead atoms. The molecule has 0 fully saturated rings. The van der Waals surface area contributed by atoms with Gasteiger partial charge in [-0.1, -0.05) is 48.5 Å². The highest BCUT2D eigenvalue weighted by molar-refractivity contribution is 6.77. The van der Waals surface area contributed by atoms with Gasteiger partial charge in [-0.25, -0.2) is 0 Å². The summed E-state index contributed by atoms with van der Waals surface area (Å²) in [5, 5.41) is 0. The molecule has 0 N–H and O–H groups in total. The SMILES string of the molecule is Cc1ccoc1CC[C@]1(C)C=C(O[Si](C(C)C)(C(C)C)C(C)C)CC1. The Morgan fingerprint density at radius 1 is 1.12 bits per heavy atom. The summed E-state index contributed by atoms with van der Waals surface area (Å²) >= 11 is 0. The molecular weight excluding hydrogens is 324 g/mol. The monoisotopic (exact) mass is 362 g/mol. The number of aryl methyl sites for hydroxylation is 2. The van der Waals surface area contributed by atoms with Crippen LogP contribution in [-0.4, -0.2) is 8.32 Å². The Hall–Kier alpha value is -0.963.